The lowest BCUT2D eigenvalue weighted by Gasteiger charge is -2.21. The highest BCUT2D eigenvalue weighted by atomic mass is 16.5. The first kappa shape index (κ1) is 21.6. The van der Waals surface area contributed by atoms with Crippen LogP contribution in [0.25, 0.3) is 10.9 Å². The van der Waals surface area contributed by atoms with Crippen molar-refractivity contribution in [1.82, 2.24) is 9.97 Å². The fourth-order valence-electron chi connectivity index (χ4n) is 4.04. The van der Waals surface area contributed by atoms with Gasteiger partial charge in [-0.3, -0.25) is 9.97 Å². The fraction of sp³-hybridized carbons (Fsp3) is 0.259. The van der Waals surface area contributed by atoms with E-state index in [2.05, 4.69) is 23.0 Å². The molecule has 5 heteroatoms. The summed E-state index contributed by atoms with van der Waals surface area (Å²) in [6.45, 7) is 7.07. The smallest absolute Gasteiger partial charge is 0.161 e. The third-order valence-corrected chi connectivity index (χ3v) is 5.51. The lowest BCUT2D eigenvalue weighted by Crippen LogP contribution is -2.08. The average Bonchev–Trinajstić information content (AvgIpc) is 2.80. The molecule has 0 saturated heterocycles. The van der Waals surface area contributed by atoms with Crippen molar-refractivity contribution < 1.29 is 14.6 Å². The lowest BCUT2D eigenvalue weighted by molar-refractivity contribution is 0.287. The average molecular weight is 429 g/mol. The van der Waals surface area contributed by atoms with E-state index in [0.29, 0.717) is 30.9 Å². The highest BCUT2D eigenvalue weighted by Crippen LogP contribution is 2.40. The Labute approximate surface area is 188 Å². The van der Waals surface area contributed by atoms with Crippen LogP contribution >= 0.6 is 0 Å². The van der Waals surface area contributed by atoms with Gasteiger partial charge in [-0.2, -0.15) is 0 Å². The van der Waals surface area contributed by atoms with E-state index >= 15 is 0 Å². The van der Waals surface area contributed by atoms with Gasteiger partial charge in [-0.05, 0) is 62.2 Å². The van der Waals surface area contributed by atoms with Gasteiger partial charge in [-0.1, -0.05) is 24.3 Å². The zero-order valence-electron chi connectivity index (χ0n) is 18.7. The normalized spacial score (nSPS) is 12.0. The van der Waals surface area contributed by atoms with Crippen molar-refractivity contribution in [2.75, 3.05) is 13.2 Å². The molecule has 0 amide bonds. The number of aromatic nitrogens is 2. The molecule has 5 nitrogen and oxygen atoms in total. The first-order valence-electron chi connectivity index (χ1n) is 11.0. The largest absolute Gasteiger partial charge is 0.505 e. The van der Waals surface area contributed by atoms with Crippen molar-refractivity contribution in [2.24, 2.45) is 0 Å². The monoisotopic (exact) mass is 428 g/mol. The van der Waals surface area contributed by atoms with Crippen LogP contribution in [0, 0.1) is 6.92 Å². The maximum Gasteiger partial charge on any atom is 0.161 e. The molecule has 0 spiro atoms. The van der Waals surface area contributed by atoms with Gasteiger partial charge in [-0.25, -0.2) is 0 Å². The van der Waals surface area contributed by atoms with Gasteiger partial charge in [0.25, 0.3) is 0 Å². The number of phenolic OH excluding ortho intramolecular Hbond substituents is 1. The number of benzene rings is 2. The molecule has 1 N–H and O–H groups in total. The van der Waals surface area contributed by atoms with Crippen LogP contribution in [0.3, 0.4) is 0 Å². The molecule has 0 fully saturated rings. The second kappa shape index (κ2) is 9.69. The van der Waals surface area contributed by atoms with Crippen molar-refractivity contribution in [1.29, 1.82) is 0 Å². The molecule has 2 aromatic heterocycles. The van der Waals surface area contributed by atoms with Crippen LogP contribution in [-0.4, -0.2) is 28.3 Å². The number of hydrogen-bond donors (Lipinski definition) is 1. The van der Waals surface area contributed by atoms with Gasteiger partial charge in [0.15, 0.2) is 11.5 Å². The van der Waals surface area contributed by atoms with Crippen LogP contribution in [0.2, 0.25) is 0 Å². The van der Waals surface area contributed by atoms with Gasteiger partial charge in [0.05, 0.1) is 13.2 Å². The molecule has 0 aliphatic carbocycles. The van der Waals surface area contributed by atoms with E-state index in [1.807, 2.05) is 68.6 Å². The highest BCUT2D eigenvalue weighted by molar-refractivity contribution is 5.85. The molecule has 1 atom stereocenters. The summed E-state index contributed by atoms with van der Waals surface area (Å²) < 4.78 is 11.6. The number of aromatic hydroxyl groups is 1. The second-order valence-corrected chi connectivity index (χ2v) is 7.73. The molecule has 0 aliphatic rings. The van der Waals surface area contributed by atoms with Gasteiger partial charge in [0.1, 0.15) is 11.3 Å². The van der Waals surface area contributed by atoms with Crippen LogP contribution in [0.1, 0.15) is 42.1 Å². The minimum atomic E-state index is -0.134. The van der Waals surface area contributed by atoms with Gasteiger partial charge >= 0.3 is 0 Å². The van der Waals surface area contributed by atoms with Crippen molar-refractivity contribution in [3.8, 4) is 17.2 Å². The van der Waals surface area contributed by atoms with Gasteiger partial charge in [0.2, 0.25) is 0 Å². The standard InChI is InChI=1S/C27H28N2O3/c1-4-31-24-11-9-20(16-25(24)32-5-2)23(17-21-15-18(3)12-14-28-21)22-10-8-19-7-6-13-29-26(19)27(22)30/h6-16,23,30H,4-5,17H2,1-3H3. The third-order valence-electron chi connectivity index (χ3n) is 5.51. The molecule has 4 aromatic rings. The van der Waals surface area contributed by atoms with E-state index in [0.717, 1.165) is 33.5 Å². The fourth-order valence-corrected chi connectivity index (χ4v) is 4.04. The molecule has 0 radical (unpaired) electrons. The second-order valence-electron chi connectivity index (χ2n) is 7.73. The van der Waals surface area contributed by atoms with Crippen LogP contribution in [0.15, 0.2) is 67.0 Å². The van der Waals surface area contributed by atoms with Crippen LogP contribution in [0.5, 0.6) is 17.2 Å². The van der Waals surface area contributed by atoms with Crippen LogP contribution < -0.4 is 9.47 Å². The molecular weight excluding hydrogens is 400 g/mol. The molecule has 0 aliphatic heterocycles. The Kier molecular flexibility index (Phi) is 6.55. The summed E-state index contributed by atoms with van der Waals surface area (Å²) in [5.41, 5.74) is 4.54. The molecule has 1 unspecified atom stereocenters. The molecule has 2 aromatic carbocycles. The number of pyridine rings is 2. The Hall–Kier alpha value is -3.60. The summed E-state index contributed by atoms with van der Waals surface area (Å²) in [6.07, 6.45) is 4.16. The number of hydrogen-bond acceptors (Lipinski definition) is 5. The predicted octanol–water partition coefficient (Wildman–Crippen LogP) is 5.82. The summed E-state index contributed by atoms with van der Waals surface area (Å²) in [5.74, 6) is 1.49. The maximum atomic E-state index is 11.2. The number of fused-ring (bicyclic) bond motifs is 1. The first-order chi connectivity index (χ1) is 15.6. The van der Waals surface area contributed by atoms with E-state index in [-0.39, 0.29) is 11.7 Å². The van der Waals surface area contributed by atoms with E-state index < -0.39 is 0 Å². The summed E-state index contributed by atoms with van der Waals surface area (Å²) in [4.78, 5) is 8.99. The minimum Gasteiger partial charge on any atom is -0.505 e. The number of rotatable bonds is 8. The number of phenols is 1. The molecular formula is C27H28N2O3. The molecule has 164 valence electrons. The molecule has 4 rings (SSSR count). The SMILES string of the molecule is CCOc1ccc(C(Cc2cc(C)ccn2)c2ccc3cccnc3c2O)cc1OCC. The van der Waals surface area contributed by atoms with Crippen molar-refractivity contribution >= 4 is 10.9 Å². The Balaban J connectivity index is 1.85. The predicted molar refractivity (Wildman–Crippen MR) is 127 cm³/mol. The Morgan fingerprint density at radius 2 is 1.69 bits per heavy atom. The van der Waals surface area contributed by atoms with E-state index in [4.69, 9.17) is 9.47 Å². The quantitative estimate of drug-likeness (QED) is 0.383. The number of aryl methyl sites for hydroxylation is 1. The number of ether oxygens (including phenoxy) is 2. The number of nitrogens with zero attached hydrogens (tertiary/aromatic N) is 2. The van der Waals surface area contributed by atoms with Crippen LogP contribution in [-0.2, 0) is 6.42 Å². The Morgan fingerprint density at radius 1 is 0.875 bits per heavy atom. The lowest BCUT2D eigenvalue weighted by atomic mass is 9.85. The maximum absolute atomic E-state index is 11.2. The molecule has 0 saturated carbocycles. The van der Waals surface area contributed by atoms with Gasteiger partial charge < -0.3 is 14.6 Å². The summed E-state index contributed by atoms with van der Waals surface area (Å²) in [5, 5.41) is 12.1. The van der Waals surface area contributed by atoms with Crippen molar-refractivity contribution in [3.05, 3.63) is 89.4 Å². The minimum absolute atomic E-state index is 0.134. The third kappa shape index (κ3) is 4.52. The molecule has 32 heavy (non-hydrogen) atoms. The summed E-state index contributed by atoms with van der Waals surface area (Å²) in [6, 6.07) is 17.9. The summed E-state index contributed by atoms with van der Waals surface area (Å²) in [7, 11) is 0. The first-order valence-corrected chi connectivity index (χ1v) is 11.0. The molecule has 2 heterocycles. The molecule has 0 bridgehead atoms. The highest BCUT2D eigenvalue weighted by Gasteiger charge is 2.22. The summed E-state index contributed by atoms with van der Waals surface area (Å²) >= 11 is 0. The van der Waals surface area contributed by atoms with Gasteiger partial charge in [0, 0.05) is 41.4 Å². The zero-order valence-corrected chi connectivity index (χ0v) is 18.7. The van der Waals surface area contributed by atoms with E-state index in [1.165, 1.54) is 0 Å². The van der Waals surface area contributed by atoms with Crippen LogP contribution in [0.4, 0.5) is 0 Å². The zero-order chi connectivity index (χ0) is 22.5. The Morgan fingerprint density at radius 3 is 2.47 bits per heavy atom. The van der Waals surface area contributed by atoms with E-state index in [9.17, 15) is 5.11 Å². The van der Waals surface area contributed by atoms with Crippen molar-refractivity contribution in [2.45, 2.75) is 33.1 Å². The van der Waals surface area contributed by atoms with Crippen molar-refractivity contribution in [3.63, 3.8) is 0 Å². The Bertz CT molecular complexity index is 1220. The van der Waals surface area contributed by atoms with Gasteiger partial charge in [-0.15, -0.1) is 0 Å². The van der Waals surface area contributed by atoms with E-state index in [1.54, 1.807) is 6.20 Å². The topological polar surface area (TPSA) is 64.5 Å².